The molecule has 112 valence electrons. The highest BCUT2D eigenvalue weighted by Gasteiger charge is 2.24. The summed E-state index contributed by atoms with van der Waals surface area (Å²) in [6.45, 7) is 1.08. The second-order valence-electron chi connectivity index (χ2n) is 5.31. The lowest BCUT2D eigenvalue weighted by Crippen LogP contribution is -2.43. The van der Waals surface area contributed by atoms with Crippen molar-refractivity contribution in [1.82, 2.24) is 9.62 Å². The van der Waals surface area contributed by atoms with Crippen molar-refractivity contribution >= 4 is 10.0 Å². The fraction of sp³-hybridized carbons (Fsp3) is 0.571. The molecule has 6 heteroatoms. The molecule has 1 unspecified atom stereocenters. The zero-order valence-electron chi connectivity index (χ0n) is 11.7. The topological polar surface area (TPSA) is 49.4 Å². The molecule has 1 aromatic rings. The van der Waals surface area contributed by atoms with Gasteiger partial charge in [0, 0.05) is 19.6 Å². The van der Waals surface area contributed by atoms with Gasteiger partial charge in [-0.05, 0) is 37.1 Å². The first-order valence-corrected chi connectivity index (χ1v) is 8.50. The van der Waals surface area contributed by atoms with E-state index in [9.17, 15) is 12.8 Å². The molecule has 2 rings (SSSR count). The average molecular weight is 300 g/mol. The SMILES string of the molecule is CN(Cc1cccc(F)c1)S(=O)(=O)CC1CCCCN1. The van der Waals surface area contributed by atoms with Gasteiger partial charge in [0.1, 0.15) is 5.82 Å². The van der Waals surface area contributed by atoms with Gasteiger partial charge >= 0.3 is 0 Å². The van der Waals surface area contributed by atoms with Gasteiger partial charge in [0.2, 0.25) is 10.0 Å². The smallest absolute Gasteiger partial charge is 0.215 e. The lowest BCUT2D eigenvalue weighted by atomic mass is 10.1. The number of hydrogen-bond acceptors (Lipinski definition) is 3. The van der Waals surface area contributed by atoms with Crippen LogP contribution >= 0.6 is 0 Å². The number of benzene rings is 1. The van der Waals surface area contributed by atoms with Gasteiger partial charge in [0.05, 0.1) is 5.75 Å². The van der Waals surface area contributed by atoms with E-state index >= 15 is 0 Å². The minimum Gasteiger partial charge on any atom is -0.313 e. The Labute approximate surface area is 120 Å². The van der Waals surface area contributed by atoms with Gasteiger partial charge in [-0.25, -0.2) is 17.1 Å². The molecule has 0 aliphatic carbocycles. The van der Waals surface area contributed by atoms with Crippen LogP contribution in [0.15, 0.2) is 24.3 Å². The first kappa shape index (κ1) is 15.4. The molecule has 0 aromatic heterocycles. The van der Waals surface area contributed by atoms with Crippen LogP contribution < -0.4 is 5.32 Å². The van der Waals surface area contributed by atoms with Crippen LogP contribution in [0, 0.1) is 5.82 Å². The fourth-order valence-corrected chi connectivity index (χ4v) is 3.83. The molecule has 0 radical (unpaired) electrons. The summed E-state index contributed by atoms with van der Waals surface area (Å²) in [7, 11) is -1.78. The lowest BCUT2D eigenvalue weighted by molar-refractivity contribution is 0.408. The minimum absolute atomic E-state index is 0.0312. The minimum atomic E-state index is -3.32. The average Bonchev–Trinajstić information content (AvgIpc) is 2.39. The third-order valence-corrected chi connectivity index (χ3v) is 5.50. The molecule has 1 aliphatic heterocycles. The van der Waals surface area contributed by atoms with E-state index < -0.39 is 10.0 Å². The van der Waals surface area contributed by atoms with E-state index in [-0.39, 0.29) is 24.2 Å². The normalized spacial score (nSPS) is 20.2. The van der Waals surface area contributed by atoms with Gasteiger partial charge in [-0.3, -0.25) is 0 Å². The number of sulfonamides is 1. The first-order valence-electron chi connectivity index (χ1n) is 6.89. The van der Waals surface area contributed by atoms with Crippen LogP contribution in [0.1, 0.15) is 24.8 Å². The Bertz CT molecular complexity index is 542. The highest BCUT2D eigenvalue weighted by atomic mass is 32.2. The van der Waals surface area contributed by atoms with Crippen molar-refractivity contribution in [2.75, 3.05) is 19.3 Å². The molecule has 4 nitrogen and oxygen atoms in total. The summed E-state index contributed by atoms with van der Waals surface area (Å²) < 4.78 is 39.0. The standard InChI is InChI=1S/C14H21FN2O2S/c1-17(10-12-5-4-6-13(15)9-12)20(18,19)11-14-7-2-3-8-16-14/h4-6,9,14,16H,2-3,7-8,10-11H2,1H3. The Kier molecular flexibility index (Phi) is 5.12. The number of rotatable bonds is 5. The number of hydrogen-bond donors (Lipinski definition) is 1. The van der Waals surface area contributed by atoms with Gasteiger partial charge in [0.25, 0.3) is 0 Å². The molecular weight excluding hydrogens is 279 g/mol. The second-order valence-corrected chi connectivity index (χ2v) is 7.43. The molecule has 20 heavy (non-hydrogen) atoms. The van der Waals surface area contributed by atoms with Crippen molar-refractivity contribution in [3.8, 4) is 0 Å². The van der Waals surface area contributed by atoms with Crippen LogP contribution in [-0.4, -0.2) is 38.1 Å². The maximum absolute atomic E-state index is 13.1. The van der Waals surface area contributed by atoms with Crippen LogP contribution in [0.2, 0.25) is 0 Å². The van der Waals surface area contributed by atoms with E-state index in [0.29, 0.717) is 5.56 Å². The molecule has 1 fully saturated rings. The molecule has 0 amide bonds. The third-order valence-electron chi connectivity index (χ3n) is 3.59. The van der Waals surface area contributed by atoms with E-state index in [1.165, 1.54) is 16.4 Å². The zero-order chi connectivity index (χ0) is 14.6. The maximum Gasteiger partial charge on any atom is 0.215 e. The molecule has 1 heterocycles. The zero-order valence-corrected chi connectivity index (χ0v) is 12.5. The highest BCUT2D eigenvalue weighted by molar-refractivity contribution is 7.89. The second kappa shape index (κ2) is 6.65. The molecule has 1 N–H and O–H groups in total. The Morgan fingerprint density at radius 1 is 1.40 bits per heavy atom. The summed E-state index contributed by atoms with van der Waals surface area (Å²) in [4.78, 5) is 0. The molecule has 0 bridgehead atoms. The lowest BCUT2D eigenvalue weighted by Gasteiger charge is -2.26. The van der Waals surface area contributed by atoms with Crippen molar-refractivity contribution in [2.24, 2.45) is 0 Å². The van der Waals surface area contributed by atoms with Crippen LogP contribution in [-0.2, 0) is 16.6 Å². The Balaban J connectivity index is 1.97. The Morgan fingerprint density at radius 2 is 2.20 bits per heavy atom. The molecule has 0 spiro atoms. The predicted molar refractivity (Wildman–Crippen MR) is 77.3 cm³/mol. The molecule has 0 saturated carbocycles. The number of halogens is 1. The number of piperidine rings is 1. The van der Waals surface area contributed by atoms with Crippen LogP contribution in [0.3, 0.4) is 0 Å². The monoisotopic (exact) mass is 300 g/mol. The van der Waals surface area contributed by atoms with Gasteiger partial charge in [-0.2, -0.15) is 0 Å². The van der Waals surface area contributed by atoms with Crippen molar-refractivity contribution in [3.05, 3.63) is 35.6 Å². The van der Waals surface area contributed by atoms with E-state index in [2.05, 4.69) is 5.32 Å². The molecule has 1 aromatic carbocycles. The summed E-state index contributed by atoms with van der Waals surface area (Å²) >= 11 is 0. The third kappa shape index (κ3) is 4.26. The summed E-state index contributed by atoms with van der Waals surface area (Å²) in [6.07, 6.45) is 3.07. The first-order chi connectivity index (χ1) is 9.47. The van der Waals surface area contributed by atoms with Crippen molar-refractivity contribution in [2.45, 2.75) is 31.8 Å². The van der Waals surface area contributed by atoms with Crippen LogP contribution in [0.25, 0.3) is 0 Å². The quantitative estimate of drug-likeness (QED) is 0.901. The van der Waals surface area contributed by atoms with Crippen molar-refractivity contribution < 1.29 is 12.8 Å². The van der Waals surface area contributed by atoms with Crippen molar-refractivity contribution in [3.63, 3.8) is 0 Å². The number of nitrogens with zero attached hydrogens (tertiary/aromatic N) is 1. The summed E-state index contributed by atoms with van der Waals surface area (Å²) in [6, 6.07) is 6.07. The van der Waals surface area contributed by atoms with Gasteiger partial charge < -0.3 is 5.32 Å². The molecule has 1 atom stereocenters. The fourth-order valence-electron chi connectivity index (χ4n) is 2.44. The molecule has 1 aliphatic rings. The summed E-state index contributed by atoms with van der Waals surface area (Å²) in [5.74, 6) is -0.235. The number of nitrogens with one attached hydrogen (secondary N) is 1. The largest absolute Gasteiger partial charge is 0.313 e. The van der Waals surface area contributed by atoms with E-state index in [1.54, 1.807) is 19.2 Å². The Hall–Kier alpha value is -0.980. The van der Waals surface area contributed by atoms with Gasteiger partial charge in [-0.1, -0.05) is 18.6 Å². The van der Waals surface area contributed by atoms with E-state index in [1.807, 2.05) is 0 Å². The summed E-state index contributed by atoms with van der Waals surface area (Å²) in [5.41, 5.74) is 0.660. The van der Waals surface area contributed by atoms with E-state index in [4.69, 9.17) is 0 Å². The van der Waals surface area contributed by atoms with E-state index in [0.717, 1.165) is 25.8 Å². The Morgan fingerprint density at radius 3 is 2.85 bits per heavy atom. The van der Waals surface area contributed by atoms with Gasteiger partial charge in [-0.15, -0.1) is 0 Å². The maximum atomic E-state index is 13.1. The predicted octanol–water partition coefficient (Wildman–Crippen LogP) is 1.73. The van der Waals surface area contributed by atoms with Crippen LogP contribution in [0.5, 0.6) is 0 Å². The van der Waals surface area contributed by atoms with Crippen LogP contribution in [0.4, 0.5) is 4.39 Å². The molecular formula is C14H21FN2O2S. The summed E-state index contributed by atoms with van der Waals surface area (Å²) in [5, 5.41) is 3.24. The van der Waals surface area contributed by atoms with Crippen molar-refractivity contribution in [1.29, 1.82) is 0 Å². The highest BCUT2D eigenvalue weighted by Crippen LogP contribution is 2.14. The molecule has 1 saturated heterocycles. The van der Waals surface area contributed by atoms with Gasteiger partial charge in [0.15, 0.2) is 0 Å².